The van der Waals surface area contributed by atoms with Gasteiger partial charge in [-0.05, 0) is 38.3 Å². The van der Waals surface area contributed by atoms with Crippen LogP contribution in [0.25, 0.3) is 0 Å². The third kappa shape index (κ3) is 6.16. The van der Waals surface area contributed by atoms with Gasteiger partial charge in [-0.3, -0.25) is 0 Å². The second kappa shape index (κ2) is 7.24. The molecule has 0 aromatic rings. The van der Waals surface area contributed by atoms with E-state index in [1.807, 2.05) is 0 Å². The Morgan fingerprint density at radius 2 is 1.87 bits per heavy atom. The van der Waals surface area contributed by atoms with Crippen molar-refractivity contribution in [3.63, 3.8) is 0 Å². The molecule has 1 unspecified atom stereocenters. The van der Waals surface area contributed by atoms with Crippen molar-refractivity contribution in [3.8, 4) is 0 Å². The minimum Gasteiger partial charge on any atom is -0.330 e. The van der Waals surface area contributed by atoms with Gasteiger partial charge >= 0.3 is 0 Å². The van der Waals surface area contributed by atoms with Crippen molar-refractivity contribution in [2.45, 2.75) is 59.9 Å². The first kappa shape index (κ1) is 14.9. The minimum atomic E-state index is 0.247. The van der Waals surface area contributed by atoms with E-state index in [2.05, 4.69) is 39.5 Å². The van der Waals surface area contributed by atoms with Crippen LogP contribution in [0.3, 0.4) is 0 Å². The molecule has 0 aromatic heterocycles. The smallest absolute Gasteiger partial charge is 0.00645 e. The Hall–Kier alpha value is -0.0800. The molecule has 0 amide bonds. The average molecular weight is 214 g/mol. The Kier molecular flexibility index (Phi) is 7.20. The number of nitrogens with two attached hydrogens (primary N) is 1. The summed E-state index contributed by atoms with van der Waals surface area (Å²) in [6, 6.07) is 0.683. The summed E-state index contributed by atoms with van der Waals surface area (Å²) in [7, 11) is 0. The first-order valence-corrected chi connectivity index (χ1v) is 6.41. The summed E-state index contributed by atoms with van der Waals surface area (Å²) in [5.74, 6) is 0. The van der Waals surface area contributed by atoms with E-state index in [0.717, 1.165) is 13.1 Å². The summed E-state index contributed by atoms with van der Waals surface area (Å²) in [6.07, 6.45) is 3.80. The second-order valence-corrected chi connectivity index (χ2v) is 5.45. The van der Waals surface area contributed by atoms with Crippen LogP contribution in [0, 0.1) is 5.41 Å². The van der Waals surface area contributed by atoms with Crippen LogP contribution in [0.2, 0.25) is 0 Å². The van der Waals surface area contributed by atoms with E-state index in [1.165, 1.54) is 25.8 Å². The molecule has 0 radical (unpaired) electrons. The average Bonchev–Trinajstić information content (AvgIpc) is 2.23. The van der Waals surface area contributed by atoms with E-state index >= 15 is 0 Å². The van der Waals surface area contributed by atoms with Crippen LogP contribution in [0.5, 0.6) is 0 Å². The molecule has 0 aliphatic carbocycles. The lowest BCUT2D eigenvalue weighted by Crippen LogP contribution is -2.43. The van der Waals surface area contributed by atoms with E-state index in [1.54, 1.807) is 0 Å². The fourth-order valence-electron chi connectivity index (χ4n) is 1.69. The second-order valence-electron chi connectivity index (χ2n) is 5.45. The first-order valence-electron chi connectivity index (χ1n) is 6.41. The Labute approximate surface area is 96.2 Å². The van der Waals surface area contributed by atoms with E-state index in [0.29, 0.717) is 6.04 Å². The summed E-state index contributed by atoms with van der Waals surface area (Å²) in [5.41, 5.74) is 6.05. The van der Waals surface area contributed by atoms with Crippen LogP contribution in [0.4, 0.5) is 0 Å². The van der Waals surface area contributed by atoms with Crippen molar-refractivity contribution >= 4 is 0 Å². The van der Waals surface area contributed by atoms with Crippen LogP contribution in [-0.4, -0.2) is 30.6 Å². The molecule has 0 aliphatic heterocycles. The van der Waals surface area contributed by atoms with Crippen LogP contribution >= 0.6 is 0 Å². The molecule has 15 heavy (non-hydrogen) atoms. The lowest BCUT2D eigenvalue weighted by Gasteiger charge is -2.35. The molecular formula is C13H30N2. The number of nitrogens with zero attached hydrogens (tertiary/aromatic N) is 1. The van der Waals surface area contributed by atoms with Gasteiger partial charge in [0.1, 0.15) is 0 Å². The highest BCUT2D eigenvalue weighted by molar-refractivity contribution is 4.77. The Balaban J connectivity index is 4.23. The molecular weight excluding hydrogens is 184 g/mol. The maximum Gasteiger partial charge on any atom is 0.00645 e. The highest BCUT2D eigenvalue weighted by Crippen LogP contribution is 2.18. The normalized spacial score (nSPS) is 14.6. The Bertz CT molecular complexity index is 155. The van der Waals surface area contributed by atoms with Crippen LogP contribution in [0.1, 0.15) is 53.9 Å². The molecule has 2 N–H and O–H groups in total. The van der Waals surface area contributed by atoms with Crippen molar-refractivity contribution in [2.75, 3.05) is 19.6 Å². The summed E-state index contributed by atoms with van der Waals surface area (Å²) in [4.78, 5) is 2.59. The van der Waals surface area contributed by atoms with Gasteiger partial charge in [0.25, 0.3) is 0 Å². The lowest BCUT2D eigenvalue weighted by molar-refractivity contribution is 0.135. The number of rotatable bonds is 8. The van der Waals surface area contributed by atoms with Crippen LogP contribution in [0.15, 0.2) is 0 Å². The number of unbranched alkanes of at least 4 members (excludes halogenated alkanes) is 1. The van der Waals surface area contributed by atoms with Crippen molar-refractivity contribution in [3.05, 3.63) is 0 Å². The quantitative estimate of drug-likeness (QED) is 0.673. The molecule has 0 fully saturated rings. The molecule has 0 rings (SSSR count). The molecule has 92 valence electrons. The summed E-state index contributed by atoms with van der Waals surface area (Å²) in [5, 5.41) is 0. The van der Waals surface area contributed by atoms with E-state index in [-0.39, 0.29) is 5.41 Å². The summed E-state index contributed by atoms with van der Waals surface area (Å²) >= 11 is 0. The van der Waals surface area contributed by atoms with Crippen LogP contribution in [-0.2, 0) is 0 Å². The maximum absolute atomic E-state index is 5.80. The van der Waals surface area contributed by atoms with E-state index < -0.39 is 0 Å². The monoisotopic (exact) mass is 214 g/mol. The van der Waals surface area contributed by atoms with Gasteiger partial charge < -0.3 is 10.6 Å². The van der Waals surface area contributed by atoms with Gasteiger partial charge in [0.05, 0.1) is 0 Å². The third-order valence-corrected chi connectivity index (χ3v) is 3.20. The van der Waals surface area contributed by atoms with Gasteiger partial charge in [0.15, 0.2) is 0 Å². The standard InChI is InChI=1S/C13H30N2/c1-6-8-9-15(12(3)7-2)11-13(4,5)10-14/h12H,6-11,14H2,1-5H3. The molecule has 0 aliphatic rings. The zero-order valence-electron chi connectivity index (χ0n) is 11.3. The largest absolute Gasteiger partial charge is 0.330 e. The van der Waals surface area contributed by atoms with Gasteiger partial charge in [0, 0.05) is 12.6 Å². The number of hydrogen-bond donors (Lipinski definition) is 1. The fraction of sp³-hybridized carbons (Fsp3) is 1.00. The predicted octanol–water partition coefficient (Wildman–Crippen LogP) is 2.87. The summed E-state index contributed by atoms with van der Waals surface area (Å²) < 4.78 is 0. The Morgan fingerprint density at radius 1 is 1.27 bits per heavy atom. The van der Waals surface area contributed by atoms with E-state index in [4.69, 9.17) is 5.73 Å². The molecule has 0 spiro atoms. The van der Waals surface area contributed by atoms with Gasteiger partial charge in [-0.15, -0.1) is 0 Å². The highest BCUT2D eigenvalue weighted by Gasteiger charge is 2.22. The molecule has 0 bridgehead atoms. The van der Waals surface area contributed by atoms with Gasteiger partial charge in [-0.25, -0.2) is 0 Å². The zero-order chi connectivity index (χ0) is 11.9. The zero-order valence-corrected chi connectivity index (χ0v) is 11.3. The Morgan fingerprint density at radius 3 is 2.27 bits per heavy atom. The molecule has 0 saturated heterocycles. The SMILES string of the molecule is CCCCN(CC(C)(C)CN)C(C)CC. The lowest BCUT2D eigenvalue weighted by atomic mass is 9.92. The molecule has 0 heterocycles. The fourth-order valence-corrected chi connectivity index (χ4v) is 1.69. The van der Waals surface area contributed by atoms with Crippen molar-refractivity contribution in [2.24, 2.45) is 11.1 Å². The van der Waals surface area contributed by atoms with Crippen molar-refractivity contribution < 1.29 is 0 Å². The third-order valence-electron chi connectivity index (χ3n) is 3.20. The number of hydrogen-bond acceptors (Lipinski definition) is 2. The molecule has 2 heteroatoms. The summed E-state index contributed by atoms with van der Waals surface area (Å²) in [6.45, 7) is 14.5. The molecule has 0 saturated carbocycles. The van der Waals surface area contributed by atoms with E-state index in [9.17, 15) is 0 Å². The predicted molar refractivity (Wildman–Crippen MR) is 69.1 cm³/mol. The highest BCUT2D eigenvalue weighted by atomic mass is 15.2. The molecule has 2 nitrogen and oxygen atoms in total. The minimum absolute atomic E-state index is 0.247. The van der Waals surface area contributed by atoms with Gasteiger partial charge in [0.2, 0.25) is 0 Å². The van der Waals surface area contributed by atoms with Gasteiger partial charge in [-0.2, -0.15) is 0 Å². The van der Waals surface area contributed by atoms with Crippen molar-refractivity contribution in [1.82, 2.24) is 4.90 Å². The van der Waals surface area contributed by atoms with Gasteiger partial charge in [-0.1, -0.05) is 34.1 Å². The van der Waals surface area contributed by atoms with Crippen LogP contribution < -0.4 is 5.73 Å². The topological polar surface area (TPSA) is 29.3 Å². The molecule has 1 atom stereocenters. The maximum atomic E-state index is 5.80. The first-order chi connectivity index (χ1) is 6.96. The molecule has 0 aromatic carbocycles. The van der Waals surface area contributed by atoms with Crippen molar-refractivity contribution in [1.29, 1.82) is 0 Å².